The standard InChI is InChI=1S/C12H11N3O3S/c1-19(17,18)15-7-2-3-10-9(6-7)8-4-5-13-11(8)12(16)14-10/h2-6,13,15H,1H3,(H,14,16). The third-order valence-corrected chi connectivity index (χ3v) is 3.44. The highest BCUT2D eigenvalue weighted by Crippen LogP contribution is 2.24. The largest absolute Gasteiger partial charge is 0.357 e. The van der Waals surface area contributed by atoms with Crippen LogP contribution in [-0.4, -0.2) is 24.6 Å². The van der Waals surface area contributed by atoms with Crippen molar-refractivity contribution < 1.29 is 8.42 Å². The van der Waals surface area contributed by atoms with Crippen molar-refractivity contribution in [1.29, 1.82) is 0 Å². The van der Waals surface area contributed by atoms with Gasteiger partial charge < -0.3 is 9.97 Å². The van der Waals surface area contributed by atoms with E-state index in [1.54, 1.807) is 30.5 Å². The zero-order valence-corrected chi connectivity index (χ0v) is 10.8. The minimum Gasteiger partial charge on any atom is -0.357 e. The van der Waals surface area contributed by atoms with Gasteiger partial charge in [0.15, 0.2) is 0 Å². The summed E-state index contributed by atoms with van der Waals surface area (Å²) in [5.74, 6) is 0. The Labute approximate surface area is 108 Å². The second-order valence-corrected chi connectivity index (χ2v) is 6.10. The van der Waals surface area contributed by atoms with E-state index in [1.165, 1.54) is 0 Å². The Morgan fingerprint density at radius 3 is 2.68 bits per heavy atom. The highest BCUT2D eigenvalue weighted by atomic mass is 32.2. The van der Waals surface area contributed by atoms with Crippen molar-refractivity contribution in [2.45, 2.75) is 0 Å². The predicted molar refractivity (Wildman–Crippen MR) is 74.9 cm³/mol. The number of benzene rings is 1. The van der Waals surface area contributed by atoms with E-state index < -0.39 is 10.0 Å². The molecule has 0 amide bonds. The van der Waals surface area contributed by atoms with Gasteiger partial charge in [-0.15, -0.1) is 0 Å². The summed E-state index contributed by atoms with van der Waals surface area (Å²) in [6.07, 6.45) is 2.77. The molecule has 0 saturated heterocycles. The first kappa shape index (κ1) is 11.8. The van der Waals surface area contributed by atoms with Crippen molar-refractivity contribution in [3.8, 4) is 0 Å². The summed E-state index contributed by atoms with van der Waals surface area (Å²) in [5, 5.41) is 1.54. The average Bonchev–Trinajstić information content (AvgIpc) is 2.78. The van der Waals surface area contributed by atoms with E-state index >= 15 is 0 Å². The van der Waals surface area contributed by atoms with E-state index in [1.807, 2.05) is 0 Å². The number of rotatable bonds is 2. The molecule has 2 heterocycles. The van der Waals surface area contributed by atoms with Crippen LogP contribution in [-0.2, 0) is 10.0 Å². The number of fused-ring (bicyclic) bond motifs is 3. The normalized spacial score (nSPS) is 12.1. The molecule has 0 spiro atoms. The molecule has 0 atom stereocenters. The van der Waals surface area contributed by atoms with Crippen molar-refractivity contribution in [2.24, 2.45) is 0 Å². The van der Waals surface area contributed by atoms with E-state index in [0.717, 1.165) is 17.0 Å². The molecule has 0 bridgehead atoms. The number of nitrogens with one attached hydrogen (secondary N) is 3. The SMILES string of the molecule is CS(=O)(=O)Nc1ccc2[nH]c(=O)c3[nH]ccc3c2c1. The number of sulfonamides is 1. The maximum Gasteiger partial charge on any atom is 0.272 e. The lowest BCUT2D eigenvalue weighted by Gasteiger charge is -2.06. The molecule has 0 saturated carbocycles. The summed E-state index contributed by atoms with van der Waals surface area (Å²) in [6.45, 7) is 0. The highest BCUT2D eigenvalue weighted by molar-refractivity contribution is 7.92. The maximum atomic E-state index is 11.8. The molecule has 7 heteroatoms. The van der Waals surface area contributed by atoms with Crippen LogP contribution in [0.2, 0.25) is 0 Å². The molecule has 0 fully saturated rings. The second-order valence-electron chi connectivity index (χ2n) is 4.36. The van der Waals surface area contributed by atoms with E-state index in [0.29, 0.717) is 16.7 Å². The van der Waals surface area contributed by atoms with E-state index in [4.69, 9.17) is 0 Å². The first-order valence-corrected chi connectivity index (χ1v) is 7.44. The van der Waals surface area contributed by atoms with Gasteiger partial charge in [0, 0.05) is 28.2 Å². The van der Waals surface area contributed by atoms with Crippen LogP contribution in [0.15, 0.2) is 35.3 Å². The van der Waals surface area contributed by atoms with Gasteiger partial charge >= 0.3 is 0 Å². The lowest BCUT2D eigenvalue weighted by atomic mass is 10.1. The summed E-state index contributed by atoms with van der Waals surface area (Å²) in [6, 6.07) is 6.77. The molecule has 19 heavy (non-hydrogen) atoms. The van der Waals surface area contributed by atoms with Gasteiger partial charge in [-0.3, -0.25) is 9.52 Å². The summed E-state index contributed by atoms with van der Waals surface area (Å²) in [7, 11) is -3.32. The Balaban J connectivity index is 2.33. The number of anilines is 1. The van der Waals surface area contributed by atoms with Crippen LogP contribution in [0.1, 0.15) is 0 Å². The third-order valence-electron chi connectivity index (χ3n) is 2.84. The molecule has 1 aromatic carbocycles. The lowest BCUT2D eigenvalue weighted by molar-refractivity contribution is 0.607. The number of aromatic nitrogens is 2. The minimum absolute atomic E-state index is 0.198. The first-order chi connectivity index (χ1) is 8.94. The van der Waals surface area contributed by atoms with Crippen LogP contribution < -0.4 is 10.3 Å². The molecular weight excluding hydrogens is 266 g/mol. The Hall–Kier alpha value is -2.28. The monoisotopic (exact) mass is 277 g/mol. The Morgan fingerprint density at radius 2 is 1.95 bits per heavy atom. The van der Waals surface area contributed by atoms with Gasteiger partial charge in [-0.25, -0.2) is 8.42 Å². The summed E-state index contributed by atoms with van der Waals surface area (Å²) in [4.78, 5) is 17.4. The van der Waals surface area contributed by atoms with Crippen LogP contribution in [0.3, 0.4) is 0 Å². The van der Waals surface area contributed by atoms with Crippen LogP contribution in [0.25, 0.3) is 21.8 Å². The minimum atomic E-state index is -3.32. The van der Waals surface area contributed by atoms with Gasteiger partial charge in [-0.05, 0) is 24.3 Å². The topological polar surface area (TPSA) is 94.8 Å². The fourth-order valence-electron chi connectivity index (χ4n) is 2.12. The summed E-state index contributed by atoms with van der Waals surface area (Å²) < 4.78 is 24.9. The summed E-state index contributed by atoms with van der Waals surface area (Å²) in [5.41, 5.74) is 1.40. The van der Waals surface area contributed by atoms with E-state index in [2.05, 4.69) is 14.7 Å². The molecule has 3 rings (SSSR count). The molecule has 0 unspecified atom stereocenters. The van der Waals surface area contributed by atoms with E-state index in [-0.39, 0.29) is 5.56 Å². The van der Waals surface area contributed by atoms with E-state index in [9.17, 15) is 13.2 Å². The fraction of sp³-hybridized carbons (Fsp3) is 0.0833. The molecule has 0 radical (unpaired) electrons. The number of pyridine rings is 1. The molecule has 6 nitrogen and oxygen atoms in total. The van der Waals surface area contributed by atoms with Crippen molar-refractivity contribution in [2.75, 3.05) is 11.0 Å². The Bertz CT molecular complexity index is 938. The summed E-state index contributed by atoms with van der Waals surface area (Å²) >= 11 is 0. The molecule has 0 aliphatic heterocycles. The quantitative estimate of drug-likeness (QED) is 0.660. The van der Waals surface area contributed by atoms with Gasteiger partial charge in [0.1, 0.15) is 5.52 Å². The van der Waals surface area contributed by atoms with Crippen LogP contribution in [0.5, 0.6) is 0 Å². The average molecular weight is 277 g/mol. The van der Waals surface area contributed by atoms with Crippen LogP contribution in [0, 0.1) is 0 Å². The zero-order valence-electron chi connectivity index (χ0n) is 10.0. The molecule has 0 aliphatic rings. The van der Waals surface area contributed by atoms with Crippen LogP contribution in [0.4, 0.5) is 5.69 Å². The highest BCUT2D eigenvalue weighted by Gasteiger charge is 2.08. The Kier molecular flexibility index (Phi) is 2.39. The fourth-order valence-corrected chi connectivity index (χ4v) is 2.68. The predicted octanol–water partition coefficient (Wildman–Crippen LogP) is 1.38. The Morgan fingerprint density at radius 1 is 1.16 bits per heavy atom. The van der Waals surface area contributed by atoms with Crippen molar-refractivity contribution in [3.05, 3.63) is 40.8 Å². The number of hydrogen-bond donors (Lipinski definition) is 3. The molecule has 3 N–H and O–H groups in total. The molecule has 3 aromatic rings. The first-order valence-electron chi connectivity index (χ1n) is 5.55. The van der Waals surface area contributed by atoms with Crippen molar-refractivity contribution in [3.63, 3.8) is 0 Å². The van der Waals surface area contributed by atoms with Gasteiger partial charge in [-0.2, -0.15) is 0 Å². The van der Waals surface area contributed by atoms with Crippen molar-refractivity contribution in [1.82, 2.24) is 9.97 Å². The van der Waals surface area contributed by atoms with Gasteiger partial charge in [-0.1, -0.05) is 0 Å². The molecule has 2 aromatic heterocycles. The molecule has 0 aliphatic carbocycles. The van der Waals surface area contributed by atoms with Gasteiger partial charge in [0.2, 0.25) is 10.0 Å². The van der Waals surface area contributed by atoms with Crippen molar-refractivity contribution >= 4 is 37.5 Å². The number of aromatic amines is 2. The maximum absolute atomic E-state index is 11.8. The zero-order chi connectivity index (χ0) is 13.6. The lowest BCUT2D eigenvalue weighted by Crippen LogP contribution is -2.10. The smallest absolute Gasteiger partial charge is 0.272 e. The number of hydrogen-bond acceptors (Lipinski definition) is 3. The number of H-pyrrole nitrogens is 2. The molecular formula is C12H11N3O3S. The van der Waals surface area contributed by atoms with Gasteiger partial charge in [0.05, 0.1) is 6.26 Å². The van der Waals surface area contributed by atoms with Gasteiger partial charge in [0.25, 0.3) is 5.56 Å². The van der Waals surface area contributed by atoms with Crippen LogP contribution >= 0.6 is 0 Å². The second kappa shape index (κ2) is 3.86. The molecule has 98 valence electrons. The third kappa shape index (κ3) is 2.08.